The van der Waals surface area contributed by atoms with Crippen LogP contribution in [-0.4, -0.2) is 170 Å². The van der Waals surface area contributed by atoms with Crippen molar-refractivity contribution in [3.63, 3.8) is 0 Å². The monoisotopic (exact) mass is 1490 g/mol. The van der Waals surface area contributed by atoms with Crippen molar-refractivity contribution in [3.05, 3.63) is 75.9 Å². The molecule has 23 nitrogen and oxygen atoms in total. The van der Waals surface area contributed by atoms with Crippen molar-refractivity contribution < 1.29 is 101 Å². The summed E-state index contributed by atoms with van der Waals surface area (Å²) in [5.41, 5.74) is 16.9. The van der Waals surface area contributed by atoms with Crippen molar-refractivity contribution in [3.8, 4) is 0 Å². The van der Waals surface area contributed by atoms with Gasteiger partial charge in [0.2, 0.25) is 0 Å². The normalized spacial score (nSPS) is 29.8. The number of hydrogen-bond donors (Lipinski definition) is 8. The maximum absolute atomic E-state index is 12.6. The van der Waals surface area contributed by atoms with Gasteiger partial charge in [0.1, 0.15) is 0 Å². The molecule has 26 heteroatoms. The van der Waals surface area contributed by atoms with Gasteiger partial charge in [0.15, 0.2) is 0 Å². The van der Waals surface area contributed by atoms with E-state index in [1.165, 1.54) is 34.1 Å². The van der Waals surface area contributed by atoms with Gasteiger partial charge in [-0.1, -0.05) is 0 Å². The summed E-state index contributed by atoms with van der Waals surface area (Å²) >= 11 is 3.54. The molecule has 6 heterocycles. The number of ether oxygens (including phenoxy) is 3. The third-order valence-corrected chi connectivity index (χ3v) is 14.2. The predicted octanol–water partition coefficient (Wildman–Crippen LogP) is -3.70. The van der Waals surface area contributed by atoms with Crippen LogP contribution in [0.3, 0.4) is 0 Å². The number of guanidine groups is 3. The zero-order valence-electron chi connectivity index (χ0n) is 39.7. The van der Waals surface area contributed by atoms with Crippen LogP contribution in [0.4, 0.5) is 0 Å². The Morgan fingerprint density at radius 3 is 1.01 bits per heavy atom. The molecule has 12 atom stereocenters. The molecule has 0 radical (unpaired) electrons. The second-order valence-corrected chi connectivity index (χ2v) is 21.3. The number of amides is 6. The number of hydrogen-bond acceptors (Lipinski definition) is 14. The molecular weight excluding hydrogens is 1430 g/mol. The molecule has 6 aliphatic rings. The van der Waals surface area contributed by atoms with E-state index in [-0.39, 0.29) is 67.6 Å². The summed E-state index contributed by atoms with van der Waals surface area (Å²) in [4.78, 5) is 90.9. The average Bonchev–Trinajstić information content (AvgIpc) is 4.17. The number of carbonyl (C=O) groups is 6. The van der Waals surface area contributed by atoms with Crippen LogP contribution in [-0.2, 0) is 101 Å². The first-order valence-electron chi connectivity index (χ1n) is 22.2. The minimum absolute atomic E-state index is 0.205. The van der Waals surface area contributed by atoms with E-state index in [1.54, 1.807) is 50.6 Å². The molecule has 6 rings (SSSR count). The first-order chi connectivity index (χ1) is 33.8. The zero-order chi connectivity index (χ0) is 52.9. The van der Waals surface area contributed by atoms with Gasteiger partial charge in [-0.25, -0.2) is 0 Å². The van der Waals surface area contributed by atoms with Gasteiger partial charge in [0.05, 0.1) is 0 Å². The van der Waals surface area contributed by atoms with E-state index in [0.717, 1.165) is 51.0 Å². The molecule has 71 heavy (non-hydrogen) atoms. The second-order valence-electron chi connectivity index (χ2n) is 16.2. The van der Waals surface area contributed by atoms with Gasteiger partial charge < -0.3 is 0 Å². The predicted molar refractivity (Wildman–Crippen MR) is 256 cm³/mol. The van der Waals surface area contributed by atoms with Crippen molar-refractivity contribution in [2.24, 2.45) is 67.7 Å². The summed E-state index contributed by atoms with van der Waals surface area (Å²) in [6.07, 6.45) is 6.71. The van der Waals surface area contributed by atoms with Crippen molar-refractivity contribution in [1.82, 2.24) is 41.3 Å². The number of imide groups is 3. The second kappa shape index (κ2) is 27.3. The van der Waals surface area contributed by atoms with Crippen LogP contribution in [0.1, 0.15) is 6.92 Å². The van der Waals surface area contributed by atoms with E-state index < -0.39 is 72.1 Å². The molecule has 6 fully saturated rings. The van der Waals surface area contributed by atoms with Crippen molar-refractivity contribution in [2.75, 3.05) is 53.4 Å². The van der Waals surface area contributed by atoms with Crippen LogP contribution in [0.5, 0.6) is 0 Å². The first-order valence-corrected chi connectivity index (χ1v) is 26.6. The van der Waals surface area contributed by atoms with E-state index in [9.17, 15) is 28.8 Å². The standard InChI is InChI=1S/2C15H21N5O3.C15H20N4O3.3W/c2*1-4-9-11-12(10(5-2)23-9)14(22)20(13(11)21)7-6-18-8-19-15(16)17-3;1-4-9-11-12(10(5-2)22-9)14(21)19(13(11)20)8-7-18-15(16)17-6-3;;;/h2*4-5,9-12,18H,1-2,6-7H2,3H3,(H3,16,17,19);4-5,9-12H,1-2,7-8H2,3H3,(H3,16,17,18);;;. The molecule has 0 aromatic carbocycles. The Balaban J connectivity index is 0.000000231. The summed E-state index contributed by atoms with van der Waals surface area (Å²) in [6.45, 7) is 25.9. The Kier molecular flexibility index (Phi) is 22.5. The number of nitrogens with two attached hydrogens (primary N) is 3. The Labute approximate surface area is 445 Å². The number of rotatable bonds is 20. The molecule has 6 saturated heterocycles. The van der Waals surface area contributed by atoms with Gasteiger partial charge in [-0.05, 0) is 0 Å². The molecule has 0 bridgehead atoms. The van der Waals surface area contributed by atoms with E-state index in [1.807, 2.05) is 6.92 Å². The Morgan fingerprint density at radius 2 is 0.775 bits per heavy atom. The number of carbonyl (C=O) groups excluding carboxylic acids is 6. The molecular formula is C45H62N14O9W3. The van der Waals surface area contributed by atoms with Gasteiger partial charge in [0, 0.05) is 0 Å². The SMILES string of the molecule is C=CC1OC(C=C)C2C(=O)N(CCN=C(N)N[C](C)=[W])C(=O)C12.C=CC1OC(C=C)C2C(=O)N(CCN[C](=[W])NC(N)=NC)C(=O)C12.C=CC1OC(C=C)C2C(=O)N(CCN[C](=[W])NC(N)=NC)C(=O)C12. The van der Waals surface area contributed by atoms with Crippen LogP contribution < -0.4 is 43.8 Å². The molecule has 384 valence electrons. The number of fused-ring (bicyclic) bond motifs is 3. The molecule has 0 spiro atoms. The quantitative estimate of drug-likeness (QED) is 0.0252. The fraction of sp³-hybridized carbons (Fsp3) is 0.467. The Morgan fingerprint density at radius 1 is 0.507 bits per heavy atom. The van der Waals surface area contributed by atoms with Gasteiger partial charge in [-0.2, -0.15) is 0 Å². The summed E-state index contributed by atoms with van der Waals surface area (Å²) in [5, 5.41) is 14.9. The van der Waals surface area contributed by atoms with Crippen LogP contribution >= 0.6 is 0 Å². The number of aliphatic imine (C=N–C) groups is 3. The summed E-state index contributed by atoms with van der Waals surface area (Å²) in [5.74, 6) is -3.50. The van der Waals surface area contributed by atoms with Crippen molar-refractivity contribution in [1.29, 1.82) is 0 Å². The van der Waals surface area contributed by atoms with Crippen LogP contribution in [0.2, 0.25) is 0 Å². The third-order valence-electron chi connectivity index (χ3n) is 12.0. The fourth-order valence-corrected chi connectivity index (χ4v) is 10.7. The molecule has 0 aliphatic carbocycles. The summed E-state index contributed by atoms with van der Waals surface area (Å²) < 4.78 is 19.5. The van der Waals surface area contributed by atoms with E-state index in [4.69, 9.17) is 31.4 Å². The van der Waals surface area contributed by atoms with Crippen LogP contribution in [0.15, 0.2) is 90.9 Å². The zero-order valence-corrected chi connectivity index (χ0v) is 48.5. The summed E-state index contributed by atoms with van der Waals surface area (Å²) in [7, 11) is 3.17. The minimum atomic E-state index is -0.516. The topological polar surface area (TPSA) is 315 Å². The van der Waals surface area contributed by atoms with Gasteiger partial charge in [0.25, 0.3) is 0 Å². The summed E-state index contributed by atoms with van der Waals surface area (Å²) in [6, 6.07) is 0. The molecule has 6 amide bonds. The Hall–Kier alpha value is -4.86. The van der Waals surface area contributed by atoms with Crippen molar-refractivity contribution in [2.45, 2.75) is 43.5 Å². The maximum atomic E-state index is 12.6. The molecule has 12 unspecified atom stereocenters. The van der Waals surface area contributed by atoms with Gasteiger partial charge in [-0.3, -0.25) is 0 Å². The molecule has 0 aromatic rings. The third kappa shape index (κ3) is 13.8. The molecule has 0 saturated carbocycles. The number of nitrogens with one attached hydrogen (secondary N) is 5. The number of nitrogens with zero attached hydrogens (tertiary/aromatic N) is 6. The fourth-order valence-electron chi connectivity index (χ4n) is 8.81. The van der Waals surface area contributed by atoms with E-state index in [2.05, 4.69) is 81.0 Å². The van der Waals surface area contributed by atoms with Gasteiger partial charge >= 0.3 is 448 Å². The first kappa shape index (κ1) is 58.7. The van der Waals surface area contributed by atoms with Crippen LogP contribution in [0, 0.1) is 35.5 Å². The molecule has 11 N–H and O–H groups in total. The molecule has 0 aromatic heterocycles. The number of likely N-dealkylation sites (tertiary alicyclic amines) is 3. The van der Waals surface area contributed by atoms with Crippen LogP contribution in [0.25, 0.3) is 0 Å². The van der Waals surface area contributed by atoms with Crippen molar-refractivity contribution >= 4 is 65.6 Å². The van der Waals surface area contributed by atoms with Gasteiger partial charge in [-0.15, -0.1) is 0 Å². The van der Waals surface area contributed by atoms with E-state index in [0.29, 0.717) is 25.0 Å². The van der Waals surface area contributed by atoms with E-state index >= 15 is 0 Å². The molecule has 6 aliphatic heterocycles. The Bertz CT molecular complexity index is 2090. The average molecular weight is 1490 g/mol.